The van der Waals surface area contributed by atoms with E-state index in [1.165, 1.54) is 26.4 Å². The highest BCUT2D eigenvalue weighted by molar-refractivity contribution is 7.90. The Morgan fingerprint density at radius 2 is 2.04 bits per heavy atom. The summed E-state index contributed by atoms with van der Waals surface area (Å²) in [6, 6.07) is 1.49. The van der Waals surface area contributed by atoms with Gasteiger partial charge in [-0.05, 0) is 29.7 Å². The molecule has 0 fully saturated rings. The van der Waals surface area contributed by atoms with E-state index in [9.17, 15) is 12.8 Å². The summed E-state index contributed by atoms with van der Waals surface area (Å²) in [4.78, 5) is 7.78. The topological polar surface area (TPSA) is 93.2 Å². The molecule has 2 aromatic rings. The second-order valence-corrected chi connectivity index (χ2v) is 6.36. The third kappa shape index (κ3) is 3.93. The smallest absolute Gasteiger partial charge is 0.300 e. The lowest BCUT2D eigenvalue weighted by atomic mass is 10.0. The standard InChI is InChI=1S/C14H17FN4O3S/c1-9-11(7-17-8-12(9)22-3)6-10-4-5-18-14(13(10)15)19-23(20,21)16-2/h4-5,7-8,16H,6H2,1-3H3,(H,18,19). The van der Waals surface area contributed by atoms with Gasteiger partial charge in [-0.1, -0.05) is 0 Å². The third-order valence-corrected chi connectivity index (χ3v) is 4.34. The maximum Gasteiger partial charge on any atom is 0.300 e. The quantitative estimate of drug-likeness (QED) is 0.829. The van der Waals surface area contributed by atoms with Crippen molar-refractivity contribution in [2.24, 2.45) is 0 Å². The van der Waals surface area contributed by atoms with Crippen LogP contribution in [-0.4, -0.2) is 32.5 Å². The monoisotopic (exact) mass is 340 g/mol. The Bertz CT molecular complexity index is 812. The molecule has 2 N–H and O–H groups in total. The molecule has 0 aromatic carbocycles. The van der Waals surface area contributed by atoms with Crippen LogP contribution in [0.2, 0.25) is 0 Å². The average molecular weight is 340 g/mol. The molecule has 0 saturated heterocycles. The van der Waals surface area contributed by atoms with Crippen molar-refractivity contribution in [1.82, 2.24) is 14.7 Å². The van der Waals surface area contributed by atoms with E-state index < -0.39 is 16.0 Å². The Balaban J connectivity index is 2.35. The van der Waals surface area contributed by atoms with Gasteiger partial charge >= 0.3 is 0 Å². The molecule has 2 aromatic heterocycles. The predicted molar refractivity (Wildman–Crippen MR) is 84.1 cm³/mol. The van der Waals surface area contributed by atoms with Gasteiger partial charge in [0.25, 0.3) is 10.2 Å². The van der Waals surface area contributed by atoms with Crippen molar-refractivity contribution in [3.05, 3.63) is 47.2 Å². The summed E-state index contributed by atoms with van der Waals surface area (Å²) in [6.45, 7) is 1.85. The Morgan fingerprint density at radius 3 is 2.70 bits per heavy atom. The van der Waals surface area contributed by atoms with Crippen molar-refractivity contribution >= 4 is 16.0 Å². The molecule has 0 unspecified atom stereocenters. The Hall–Kier alpha value is -2.26. The zero-order valence-electron chi connectivity index (χ0n) is 12.9. The summed E-state index contributed by atoms with van der Waals surface area (Å²) in [6.07, 6.45) is 4.77. The lowest BCUT2D eigenvalue weighted by Crippen LogP contribution is -2.27. The van der Waals surface area contributed by atoms with Gasteiger partial charge in [0.1, 0.15) is 5.75 Å². The Morgan fingerprint density at radius 1 is 1.30 bits per heavy atom. The first kappa shape index (κ1) is 17.1. The second kappa shape index (κ2) is 6.88. The van der Waals surface area contributed by atoms with Crippen molar-refractivity contribution in [3.63, 3.8) is 0 Å². The number of anilines is 1. The molecule has 0 aliphatic heterocycles. The van der Waals surface area contributed by atoms with Gasteiger partial charge in [-0.3, -0.25) is 9.71 Å². The van der Waals surface area contributed by atoms with Gasteiger partial charge in [0.05, 0.1) is 13.3 Å². The van der Waals surface area contributed by atoms with Crippen LogP contribution in [0, 0.1) is 12.7 Å². The van der Waals surface area contributed by atoms with E-state index in [-0.39, 0.29) is 12.2 Å². The predicted octanol–water partition coefficient (Wildman–Crippen LogP) is 1.40. The first-order valence-corrected chi connectivity index (χ1v) is 8.18. The molecular formula is C14H17FN4O3S. The van der Waals surface area contributed by atoms with Crippen LogP contribution < -0.4 is 14.2 Å². The summed E-state index contributed by atoms with van der Waals surface area (Å²) in [5.74, 6) is -0.480. The molecule has 0 aliphatic rings. The SMILES string of the molecule is CNS(=O)(=O)Nc1nccc(Cc2cncc(OC)c2C)c1F. The Labute approximate surface area is 134 Å². The molecule has 7 nitrogen and oxygen atoms in total. The number of hydrogen-bond acceptors (Lipinski definition) is 5. The van der Waals surface area contributed by atoms with Crippen molar-refractivity contribution < 1.29 is 17.5 Å². The normalized spacial score (nSPS) is 11.3. The van der Waals surface area contributed by atoms with Crippen molar-refractivity contribution in [2.75, 3.05) is 18.9 Å². The fraction of sp³-hybridized carbons (Fsp3) is 0.286. The van der Waals surface area contributed by atoms with Gasteiger partial charge in [-0.25, -0.2) is 14.1 Å². The van der Waals surface area contributed by atoms with E-state index in [1.54, 1.807) is 12.4 Å². The average Bonchev–Trinajstić information content (AvgIpc) is 2.53. The van der Waals surface area contributed by atoms with E-state index >= 15 is 0 Å². The largest absolute Gasteiger partial charge is 0.495 e. The highest BCUT2D eigenvalue weighted by atomic mass is 32.2. The van der Waals surface area contributed by atoms with Gasteiger partial charge in [-0.2, -0.15) is 8.42 Å². The van der Waals surface area contributed by atoms with Crippen LogP contribution in [0.4, 0.5) is 10.2 Å². The number of aromatic nitrogens is 2. The van der Waals surface area contributed by atoms with E-state index in [0.29, 0.717) is 11.3 Å². The summed E-state index contributed by atoms with van der Waals surface area (Å²) >= 11 is 0. The molecule has 2 heterocycles. The van der Waals surface area contributed by atoms with Crippen LogP contribution in [0.5, 0.6) is 5.75 Å². The number of hydrogen-bond donors (Lipinski definition) is 2. The molecule has 0 saturated carbocycles. The number of ether oxygens (including phenoxy) is 1. The van der Waals surface area contributed by atoms with Crippen molar-refractivity contribution in [3.8, 4) is 5.75 Å². The summed E-state index contributed by atoms with van der Waals surface area (Å²) in [7, 11) is -1.09. The summed E-state index contributed by atoms with van der Waals surface area (Å²) in [5.41, 5.74) is 1.92. The van der Waals surface area contributed by atoms with Crippen LogP contribution in [0.1, 0.15) is 16.7 Å². The molecule has 2 rings (SSSR count). The lowest BCUT2D eigenvalue weighted by Gasteiger charge is -2.12. The van der Waals surface area contributed by atoms with Crippen molar-refractivity contribution in [2.45, 2.75) is 13.3 Å². The number of pyridine rings is 2. The van der Waals surface area contributed by atoms with E-state index in [4.69, 9.17) is 4.74 Å². The first-order valence-electron chi connectivity index (χ1n) is 6.70. The molecule has 0 bridgehead atoms. The van der Waals surface area contributed by atoms with E-state index in [0.717, 1.165) is 11.1 Å². The van der Waals surface area contributed by atoms with Crippen LogP contribution in [0.25, 0.3) is 0 Å². The first-order chi connectivity index (χ1) is 10.9. The fourth-order valence-electron chi connectivity index (χ4n) is 2.01. The number of methoxy groups -OCH3 is 1. The number of halogens is 1. The number of rotatable bonds is 6. The maximum absolute atomic E-state index is 14.5. The van der Waals surface area contributed by atoms with Gasteiger partial charge < -0.3 is 4.74 Å². The lowest BCUT2D eigenvalue weighted by molar-refractivity contribution is 0.409. The van der Waals surface area contributed by atoms with Crippen LogP contribution in [0.3, 0.4) is 0 Å². The van der Waals surface area contributed by atoms with Crippen LogP contribution in [-0.2, 0) is 16.6 Å². The fourth-order valence-corrected chi connectivity index (χ4v) is 2.50. The summed E-state index contributed by atoms with van der Waals surface area (Å²) < 4.78 is 46.7. The van der Waals surface area contributed by atoms with Gasteiger partial charge in [0, 0.05) is 25.9 Å². The molecule has 0 aliphatic carbocycles. The highest BCUT2D eigenvalue weighted by Crippen LogP contribution is 2.24. The van der Waals surface area contributed by atoms with E-state index in [1.807, 2.05) is 16.4 Å². The minimum absolute atomic E-state index is 0.235. The number of nitrogens with one attached hydrogen (secondary N) is 2. The zero-order valence-corrected chi connectivity index (χ0v) is 13.7. The zero-order chi connectivity index (χ0) is 17.0. The molecule has 0 atom stereocenters. The van der Waals surface area contributed by atoms with Crippen LogP contribution in [0.15, 0.2) is 24.7 Å². The molecule has 124 valence electrons. The molecule has 0 radical (unpaired) electrons. The maximum atomic E-state index is 14.5. The molecule has 0 spiro atoms. The highest BCUT2D eigenvalue weighted by Gasteiger charge is 2.16. The summed E-state index contributed by atoms with van der Waals surface area (Å²) in [5, 5.41) is 0. The van der Waals surface area contributed by atoms with E-state index in [2.05, 4.69) is 9.97 Å². The third-order valence-electron chi connectivity index (χ3n) is 3.34. The number of nitrogens with zero attached hydrogens (tertiary/aromatic N) is 2. The second-order valence-electron chi connectivity index (χ2n) is 4.74. The minimum Gasteiger partial charge on any atom is -0.495 e. The van der Waals surface area contributed by atoms with Crippen LogP contribution >= 0.6 is 0 Å². The van der Waals surface area contributed by atoms with Gasteiger partial charge in [-0.15, -0.1) is 0 Å². The minimum atomic E-state index is -3.84. The van der Waals surface area contributed by atoms with Gasteiger partial charge in [0.2, 0.25) is 0 Å². The molecule has 9 heteroatoms. The molecule has 0 amide bonds. The Kier molecular flexibility index (Phi) is 5.12. The van der Waals surface area contributed by atoms with Gasteiger partial charge in [0.15, 0.2) is 11.6 Å². The molecule has 23 heavy (non-hydrogen) atoms. The van der Waals surface area contributed by atoms with Crippen molar-refractivity contribution in [1.29, 1.82) is 0 Å². The molecular weight excluding hydrogens is 323 g/mol.